The molecule has 146 valence electrons. The highest BCUT2D eigenvalue weighted by Crippen LogP contribution is 2.33. The number of benzene rings is 3. The number of hydrogen-bond acceptors (Lipinski definition) is 5. The minimum Gasteiger partial charge on any atom is -0.399 e. The summed E-state index contributed by atoms with van der Waals surface area (Å²) in [6, 6.07) is 17.4. The highest BCUT2D eigenvalue weighted by molar-refractivity contribution is 7.79. The lowest BCUT2D eigenvalue weighted by Crippen LogP contribution is -2.13. The number of nitrogens with one attached hydrogen (secondary N) is 1. The number of carbonyl (C=O) groups is 1. The molecule has 1 amide bonds. The monoisotopic (exact) mass is 423 g/mol. The Kier molecular flexibility index (Phi) is 5.14. The molecule has 8 heteroatoms. The molecule has 0 fully saturated rings. The van der Waals surface area contributed by atoms with Crippen LogP contribution in [-0.4, -0.2) is 19.7 Å². The first-order valence-electron chi connectivity index (χ1n) is 8.70. The summed E-state index contributed by atoms with van der Waals surface area (Å²) in [6.45, 7) is 2.02. The fraction of sp³-hybridized carbons (Fsp3) is 0.0476. The number of nitrogens with two attached hydrogens (primary N) is 1. The second-order valence-electron chi connectivity index (χ2n) is 6.53. The number of anilines is 2. The Bertz CT molecular complexity index is 1250. The second-order valence-corrected chi connectivity index (χ2v) is 8.50. The van der Waals surface area contributed by atoms with Gasteiger partial charge in [0.15, 0.2) is 11.1 Å². The van der Waals surface area contributed by atoms with Gasteiger partial charge in [0.25, 0.3) is 5.91 Å². The molecule has 0 aliphatic heterocycles. The molecule has 0 saturated heterocycles. The first kappa shape index (κ1) is 19.3. The maximum absolute atomic E-state index is 12.5. The maximum Gasteiger partial charge on any atom is 0.255 e. The van der Waals surface area contributed by atoms with Crippen LogP contribution in [0.25, 0.3) is 20.8 Å². The molecule has 1 atom stereocenters. The third-order valence-corrected chi connectivity index (χ3v) is 6.16. The van der Waals surface area contributed by atoms with E-state index in [0.29, 0.717) is 16.8 Å². The number of carbonyl (C=O) groups excluding carboxylic acids is 1. The van der Waals surface area contributed by atoms with Gasteiger partial charge in [-0.2, -0.15) is 0 Å². The van der Waals surface area contributed by atoms with Crippen LogP contribution in [0.5, 0.6) is 0 Å². The van der Waals surface area contributed by atoms with Gasteiger partial charge in [0.2, 0.25) is 0 Å². The molecule has 0 aliphatic rings. The molecule has 0 aliphatic carbocycles. The van der Waals surface area contributed by atoms with Crippen molar-refractivity contribution in [3.05, 3.63) is 71.8 Å². The van der Waals surface area contributed by atoms with E-state index in [0.717, 1.165) is 20.8 Å². The van der Waals surface area contributed by atoms with Crippen molar-refractivity contribution in [1.29, 1.82) is 0 Å². The van der Waals surface area contributed by atoms with Crippen LogP contribution in [0, 0.1) is 6.92 Å². The summed E-state index contributed by atoms with van der Waals surface area (Å²) >= 11 is -0.768. The zero-order valence-corrected chi connectivity index (χ0v) is 17.0. The Morgan fingerprint density at radius 1 is 1.10 bits per heavy atom. The van der Waals surface area contributed by atoms with Gasteiger partial charge in [-0.15, -0.1) is 11.3 Å². The summed E-state index contributed by atoms with van der Waals surface area (Å²) in [7, 11) is 0. The fourth-order valence-electron chi connectivity index (χ4n) is 2.89. The van der Waals surface area contributed by atoms with Crippen molar-refractivity contribution in [2.45, 2.75) is 11.8 Å². The topological polar surface area (TPSA) is 105 Å². The van der Waals surface area contributed by atoms with Gasteiger partial charge in [0, 0.05) is 16.8 Å². The Morgan fingerprint density at radius 3 is 2.59 bits per heavy atom. The number of nitrogen functional groups attached to an aromatic ring is 1. The Labute approximate surface area is 173 Å². The van der Waals surface area contributed by atoms with Crippen molar-refractivity contribution in [3.8, 4) is 10.6 Å². The summed E-state index contributed by atoms with van der Waals surface area (Å²) in [5, 5.41) is 3.43. The van der Waals surface area contributed by atoms with Gasteiger partial charge < -0.3 is 15.6 Å². The minimum atomic E-state index is -2.28. The van der Waals surface area contributed by atoms with E-state index in [1.807, 2.05) is 19.1 Å². The number of nitrogens with zero attached hydrogens (tertiary/aromatic N) is 1. The largest absolute Gasteiger partial charge is 0.399 e. The van der Waals surface area contributed by atoms with Crippen LogP contribution in [0.3, 0.4) is 0 Å². The van der Waals surface area contributed by atoms with Crippen molar-refractivity contribution in [2.24, 2.45) is 0 Å². The highest BCUT2D eigenvalue weighted by Gasteiger charge is 2.15. The standard InChI is InChI=1S/C21H17N3O3S2/c1-12-2-8-16-18(10-12)28-21(24-16)14-5-9-17(19(11-14)29(26)27)23-20(25)13-3-6-15(22)7-4-13/h2-11H,22H2,1H3,(H,23,25)(H,26,27). The fourth-order valence-corrected chi connectivity index (χ4v) is 4.48. The van der Waals surface area contributed by atoms with E-state index in [-0.39, 0.29) is 16.5 Å². The second kappa shape index (κ2) is 7.75. The van der Waals surface area contributed by atoms with Crippen molar-refractivity contribution < 1.29 is 13.6 Å². The van der Waals surface area contributed by atoms with Gasteiger partial charge in [-0.1, -0.05) is 6.07 Å². The molecule has 29 heavy (non-hydrogen) atoms. The van der Waals surface area contributed by atoms with Gasteiger partial charge in [0.1, 0.15) is 5.01 Å². The molecular formula is C21H17N3O3S2. The predicted octanol–water partition coefficient (Wildman–Crippen LogP) is 4.69. The van der Waals surface area contributed by atoms with Crippen molar-refractivity contribution in [2.75, 3.05) is 11.1 Å². The molecule has 1 aromatic heterocycles. The molecule has 0 radical (unpaired) electrons. The Hall–Kier alpha value is -3.07. The number of thiazole rings is 1. The highest BCUT2D eigenvalue weighted by atomic mass is 32.2. The van der Waals surface area contributed by atoms with Crippen LogP contribution in [-0.2, 0) is 11.1 Å². The smallest absolute Gasteiger partial charge is 0.255 e. The molecule has 1 unspecified atom stereocenters. The predicted molar refractivity (Wildman–Crippen MR) is 118 cm³/mol. The van der Waals surface area contributed by atoms with Crippen LogP contribution in [0.4, 0.5) is 11.4 Å². The molecule has 3 aromatic carbocycles. The van der Waals surface area contributed by atoms with Crippen LogP contribution < -0.4 is 11.1 Å². The summed E-state index contributed by atoms with van der Waals surface area (Å²) in [5.74, 6) is -0.389. The lowest BCUT2D eigenvalue weighted by Gasteiger charge is -2.10. The molecule has 0 saturated carbocycles. The molecule has 4 N–H and O–H groups in total. The zero-order chi connectivity index (χ0) is 20.5. The average molecular weight is 424 g/mol. The van der Waals surface area contributed by atoms with E-state index in [2.05, 4.69) is 16.4 Å². The van der Waals surface area contributed by atoms with Crippen LogP contribution in [0.15, 0.2) is 65.6 Å². The van der Waals surface area contributed by atoms with E-state index < -0.39 is 11.1 Å². The van der Waals surface area contributed by atoms with Crippen molar-refractivity contribution in [3.63, 3.8) is 0 Å². The van der Waals surface area contributed by atoms with E-state index in [1.165, 1.54) is 11.3 Å². The van der Waals surface area contributed by atoms with Crippen LogP contribution in [0.2, 0.25) is 0 Å². The number of aryl methyl sites for hydroxylation is 1. The van der Waals surface area contributed by atoms with Crippen molar-refractivity contribution in [1.82, 2.24) is 4.98 Å². The molecule has 0 bridgehead atoms. The molecule has 1 heterocycles. The molecule has 4 rings (SSSR count). The van der Waals surface area contributed by atoms with E-state index in [4.69, 9.17) is 5.73 Å². The SMILES string of the molecule is Cc1ccc2nc(-c3ccc(NC(=O)c4ccc(N)cc4)c(S(=O)O)c3)sc2c1. The first-order chi connectivity index (χ1) is 13.9. The quantitative estimate of drug-likeness (QED) is 0.326. The third kappa shape index (κ3) is 4.04. The maximum atomic E-state index is 12.5. The number of hydrogen-bond donors (Lipinski definition) is 3. The number of fused-ring (bicyclic) bond motifs is 1. The van der Waals surface area contributed by atoms with Gasteiger partial charge in [0.05, 0.1) is 20.8 Å². The third-order valence-electron chi connectivity index (χ3n) is 4.38. The van der Waals surface area contributed by atoms with Gasteiger partial charge in [-0.25, -0.2) is 9.19 Å². The Balaban J connectivity index is 1.68. The lowest BCUT2D eigenvalue weighted by molar-refractivity contribution is 0.102. The minimum absolute atomic E-state index is 0.113. The normalized spacial score (nSPS) is 12.1. The van der Waals surface area contributed by atoms with E-state index in [1.54, 1.807) is 42.5 Å². The number of aromatic nitrogens is 1. The van der Waals surface area contributed by atoms with Gasteiger partial charge in [-0.05, 0) is 67.1 Å². The van der Waals surface area contributed by atoms with E-state index in [9.17, 15) is 13.6 Å². The Morgan fingerprint density at radius 2 is 1.86 bits per heavy atom. The van der Waals surface area contributed by atoms with Gasteiger partial charge >= 0.3 is 0 Å². The van der Waals surface area contributed by atoms with Crippen molar-refractivity contribution >= 4 is 49.9 Å². The van der Waals surface area contributed by atoms with Crippen LogP contribution >= 0.6 is 11.3 Å². The molecule has 0 spiro atoms. The summed E-state index contributed by atoms with van der Waals surface area (Å²) in [5.41, 5.74) is 9.60. The summed E-state index contributed by atoms with van der Waals surface area (Å²) < 4.78 is 22.7. The molecular weight excluding hydrogens is 406 g/mol. The molecule has 4 aromatic rings. The van der Waals surface area contributed by atoms with Crippen LogP contribution in [0.1, 0.15) is 15.9 Å². The zero-order valence-electron chi connectivity index (χ0n) is 15.4. The summed E-state index contributed by atoms with van der Waals surface area (Å²) in [6.07, 6.45) is 0. The molecule has 6 nitrogen and oxygen atoms in total. The summed E-state index contributed by atoms with van der Waals surface area (Å²) in [4.78, 5) is 17.2. The number of rotatable bonds is 4. The first-order valence-corrected chi connectivity index (χ1v) is 10.6. The number of amides is 1. The average Bonchev–Trinajstić information content (AvgIpc) is 3.11. The van der Waals surface area contributed by atoms with E-state index >= 15 is 0 Å². The lowest BCUT2D eigenvalue weighted by atomic mass is 10.1. The van der Waals surface area contributed by atoms with Gasteiger partial charge in [-0.3, -0.25) is 4.79 Å².